The number of carbonyl (C=O) groups excluding carboxylic acids is 1. The Morgan fingerprint density at radius 2 is 1.93 bits per heavy atom. The Kier molecular flexibility index (Phi) is 5.38. The fourth-order valence-electron chi connectivity index (χ4n) is 3.56. The molecule has 0 spiro atoms. The highest BCUT2D eigenvalue weighted by atomic mass is 32.1. The quantitative estimate of drug-likeness (QED) is 0.668. The summed E-state index contributed by atoms with van der Waals surface area (Å²) in [5.74, 6) is -0.293. The van der Waals surface area contributed by atoms with Crippen molar-refractivity contribution >= 4 is 27.3 Å². The summed E-state index contributed by atoms with van der Waals surface area (Å²) < 4.78 is 14.7. The van der Waals surface area contributed by atoms with Gasteiger partial charge in [0.2, 0.25) is 0 Å². The van der Waals surface area contributed by atoms with E-state index in [1.54, 1.807) is 12.1 Å². The molecule has 4 nitrogen and oxygen atoms in total. The van der Waals surface area contributed by atoms with E-state index < -0.39 is 0 Å². The van der Waals surface area contributed by atoms with Gasteiger partial charge < -0.3 is 4.90 Å². The molecule has 142 valence electrons. The van der Waals surface area contributed by atoms with Gasteiger partial charge in [-0.05, 0) is 42.3 Å². The smallest absolute Gasteiger partial charge is 0.264 e. The molecule has 1 aromatic heterocycles. The zero-order chi connectivity index (χ0) is 19.5. The molecule has 0 saturated carbocycles. The van der Waals surface area contributed by atoms with E-state index in [9.17, 15) is 9.18 Å². The van der Waals surface area contributed by atoms with Crippen LogP contribution in [-0.2, 0) is 6.54 Å². The van der Waals surface area contributed by atoms with E-state index in [2.05, 4.69) is 11.0 Å². The van der Waals surface area contributed by atoms with Gasteiger partial charge >= 0.3 is 0 Å². The van der Waals surface area contributed by atoms with Crippen molar-refractivity contribution in [1.82, 2.24) is 9.80 Å². The highest BCUT2D eigenvalue weighted by Gasteiger charge is 2.22. The Balaban J connectivity index is 1.42. The minimum Gasteiger partial charge on any atom is -0.337 e. The van der Waals surface area contributed by atoms with Gasteiger partial charge in [0.1, 0.15) is 5.82 Å². The average molecular weight is 393 g/mol. The molecule has 1 aliphatic rings. The SMILES string of the molecule is N#Cc1ccc(CN2CCCN(C(=O)c3cc4c(F)cccc4s3)CC2)cc1. The second-order valence-electron chi connectivity index (χ2n) is 6.99. The number of halogens is 1. The lowest BCUT2D eigenvalue weighted by atomic mass is 10.1. The van der Waals surface area contributed by atoms with Gasteiger partial charge in [-0.25, -0.2) is 4.39 Å². The molecule has 28 heavy (non-hydrogen) atoms. The van der Waals surface area contributed by atoms with Gasteiger partial charge in [0.25, 0.3) is 5.91 Å². The van der Waals surface area contributed by atoms with E-state index in [1.807, 2.05) is 35.2 Å². The van der Waals surface area contributed by atoms with Gasteiger partial charge in [0.05, 0.1) is 16.5 Å². The van der Waals surface area contributed by atoms with Gasteiger partial charge in [-0.2, -0.15) is 5.26 Å². The van der Waals surface area contributed by atoms with Crippen molar-refractivity contribution in [2.45, 2.75) is 13.0 Å². The van der Waals surface area contributed by atoms with Crippen molar-refractivity contribution in [2.75, 3.05) is 26.2 Å². The number of amides is 1. The zero-order valence-electron chi connectivity index (χ0n) is 15.4. The molecule has 4 rings (SSSR count). The number of benzene rings is 2. The molecular formula is C22H20FN3OS. The molecule has 1 aliphatic heterocycles. The van der Waals surface area contributed by atoms with Crippen LogP contribution in [0.15, 0.2) is 48.5 Å². The van der Waals surface area contributed by atoms with Crippen LogP contribution in [0.2, 0.25) is 0 Å². The predicted molar refractivity (Wildman–Crippen MR) is 109 cm³/mol. The minimum atomic E-state index is -0.280. The number of rotatable bonds is 3. The summed E-state index contributed by atoms with van der Waals surface area (Å²) in [5.41, 5.74) is 1.83. The lowest BCUT2D eigenvalue weighted by molar-refractivity contribution is 0.0766. The summed E-state index contributed by atoms with van der Waals surface area (Å²) in [6.07, 6.45) is 0.904. The molecule has 2 heterocycles. The lowest BCUT2D eigenvalue weighted by Crippen LogP contribution is -2.34. The van der Waals surface area contributed by atoms with Crippen molar-refractivity contribution in [3.63, 3.8) is 0 Å². The van der Waals surface area contributed by atoms with Crippen LogP contribution in [0.4, 0.5) is 4.39 Å². The summed E-state index contributed by atoms with van der Waals surface area (Å²) >= 11 is 1.36. The van der Waals surface area contributed by atoms with Crippen LogP contribution < -0.4 is 0 Å². The highest BCUT2D eigenvalue weighted by molar-refractivity contribution is 7.20. The fourth-order valence-corrected chi connectivity index (χ4v) is 4.60. The van der Waals surface area contributed by atoms with Gasteiger partial charge in [-0.3, -0.25) is 9.69 Å². The van der Waals surface area contributed by atoms with Crippen molar-refractivity contribution in [3.05, 3.63) is 70.4 Å². The maximum atomic E-state index is 13.9. The second kappa shape index (κ2) is 8.09. The lowest BCUT2D eigenvalue weighted by Gasteiger charge is -2.21. The van der Waals surface area contributed by atoms with E-state index in [-0.39, 0.29) is 11.7 Å². The molecule has 0 N–H and O–H groups in total. The first-order valence-electron chi connectivity index (χ1n) is 9.33. The minimum absolute atomic E-state index is 0.0131. The van der Waals surface area contributed by atoms with Crippen LogP contribution in [0.3, 0.4) is 0 Å². The number of hydrogen-bond acceptors (Lipinski definition) is 4. The number of hydrogen-bond donors (Lipinski definition) is 0. The second-order valence-corrected chi connectivity index (χ2v) is 8.08. The summed E-state index contributed by atoms with van der Waals surface area (Å²) in [6, 6.07) is 16.4. The van der Waals surface area contributed by atoms with Crippen molar-refractivity contribution in [2.24, 2.45) is 0 Å². The summed E-state index contributed by atoms with van der Waals surface area (Å²) in [7, 11) is 0. The average Bonchev–Trinajstić information content (AvgIpc) is 3.03. The number of carbonyl (C=O) groups is 1. The number of nitriles is 1. The first-order chi connectivity index (χ1) is 13.6. The first-order valence-corrected chi connectivity index (χ1v) is 10.1. The normalized spacial score (nSPS) is 15.4. The molecule has 0 bridgehead atoms. The Morgan fingerprint density at radius 1 is 1.11 bits per heavy atom. The topological polar surface area (TPSA) is 47.3 Å². The van der Waals surface area contributed by atoms with E-state index in [0.717, 1.165) is 30.8 Å². The summed E-state index contributed by atoms with van der Waals surface area (Å²) in [4.78, 5) is 17.7. The summed E-state index contributed by atoms with van der Waals surface area (Å²) in [5, 5.41) is 9.43. The van der Waals surface area contributed by atoms with Crippen LogP contribution in [0.25, 0.3) is 10.1 Å². The standard InChI is InChI=1S/C22H20FN3OS/c23-19-3-1-4-20-18(19)13-21(28-20)22(27)26-10-2-9-25(11-12-26)15-17-7-5-16(14-24)6-8-17/h1,3-8,13H,2,9-12,15H2. The van der Waals surface area contributed by atoms with Crippen LogP contribution in [0, 0.1) is 17.1 Å². The van der Waals surface area contributed by atoms with Gasteiger partial charge in [-0.15, -0.1) is 11.3 Å². The number of fused-ring (bicyclic) bond motifs is 1. The summed E-state index contributed by atoms with van der Waals surface area (Å²) in [6.45, 7) is 3.89. The van der Waals surface area contributed by atoms with Gasteiger partial charge in [0, 0.05) is 42.8 Å². The molecule has 6 heteroatoms. The number of thiophene rings is 1. The molecule has 1 saturated heterocycles. The van der Waals surface area contributed by atoms with E-state index in [4.69, 9.17) is 5.26 Å². The largest absolute Gasteiger partial charge is 0.337 e. The van der Waals surface area contributed by atoms with Crippen LogP contribution in [0.1, 0.15) is 27.2 Å². The van der Waals surface area contributed by atoms with E-state index in [0.29, 0.717) is 28.9 Å². The Bertz CT molecular complexity index is 1040. The fraction of sp³-hybridized carbons (Fsp3) is 0.273. The molecule has 1 amide bonds. The molecule has 0 atom stereocenters. The Morgan fingerprint density at radius 3 is 2.68 bits per heavy atom. The highest BCUT2D eigenvalue weighted by Crippen LogP contribution is 2.28. The molecule has 1 fully saturated rings. The van der Waals surface area contributed by atoms with Crippen LogP contribution >= 0.6 is 11.3 Å². The molecular weight excluding hydrogens is 373 g/mol. The van der Waals surface area contributed by atoms with Gasteiger partial charge in [-0.1, -0.05) is 18.2 Å². The van der Waals surface area contributed by atoms with Crippen LogP contribution in [-0.4, -0.2) is 41.9 Å². The van der Waals surface area contributed by atoms with Crippen LogP contribution in [0.5, 0.6) is 0 Å². The maximum Gasteiger partial charge on any atom is 0.264 e. The Labute approximate surface area is 167 Å². The van der Waals surface area contributed by atoms with Crippen molar-refractivity contribution in [1.29, 1.82) is 5.26 Å². The zero-order valence-corrected chi connectivity index (χ0v) is 16.2. The Hall–Kier alpha value is -2.75. The number of nitrogens with zero attached hydrogens (tertiary/aromatic N) is 3. The van der Waals surface area contributed by atoms with Gasteiger partial charge in [0.15, 0.2) is 0 Å². The predicted octanol–water partition coefficient (Wildman–Crippen LogP) is 4.26. The van der Waals surface area contributed by atoms with Crippen molar-refractivity contribution in [3.8, 4) is 6.07 Å². The maximum absolute atomic E-state index is 13.9. The molecule has 2 aromatic carbocycles. The molecule has 0 radical (unpaired) electrons. The third-order valence-corrected chi connectivity index (χ3v) is 6.17. The third kappa shape index (κ3) is 3.91. The van der Waals surface area contributed by atoms with Crippen molar-refractivity contribution < 1.29 is 9.18 Å². The molecule has 3 aromatic rings. The van der Waals surface area contributed by atoms with E-state index >= 15 is 0 Å². The molecule has 0 aliphatic carbocycles. The van der Waals surface area contributed by atoms with E-state index in [1.165, 1.54) is 23.0 Å². The first kappa shape index (κ1) is 18.6. The monoisotopic (exact) mass is 393 g/mol. The molecule has 0 unspecified atom stereocenters. The third-order valence-electron chi connectivity index (χ3n) is 5.08.